The van der Waals surface area contributed by atoms with Gasteiger partial charge >= 0.3 is 6.03 Å². The van der Waals surface area contributed by atoms with E-state index < -0.39 is 11.6 Å². The summed E-state index contributed by atoms with van der Waals surface area (Å²) in [6.45, 7) is 6.19. The van der Waals surface area contributed by atoms with Crippen LogP contribution in [0.1, 0.15) is 29.6 Å². The normalized spacial score (nSPS) is 21.6. The average molecular weight is 391 g/mol. The van der Waals surface area contributed by atoms with Crippen molar-refractivity contribution in [1.82, 2.24) is 10.2 Å². The molecule has 2 aliphatic rings. The number of halogens is 1. The Labute approximate surface area is 161 Å². The summed E-state index contributed by atoms with van der Waals surface area (Å²) in [4.78, 5) is 26.8. The Morgan fingerprint density at radius 3 is 2.63 bits per heavy atom. The van der Waals surface area contributed by atoms with Gasteiger partial charge in [0, 0.05) is 5.56 Å². The van der Waals surface area contributed by atoms with Crippen LogP contribution in [0.15, 0.2) is 22.6 Å². The van der Waals surface area contributed by atoms with E-state index in [0.717, 1.165) is 0 Å². The summed E-state index contributed by atoms with van der Waals surface area (Å²) in [7, 11) is 0. The summed E-state index contributed by atoms with van der Waals surface area (Å²) in [6, 6.07) is 4.73. The minimum atomic E-state index is -1.17. The molecule has 4 rings (SSSR count). The summed E-state index contributed by atoms with van der Waals surface area (Å²) >= 11 is 6.26. The number of aryl methyl sites for hydroxylation is 2. The third kappa shape index (κ3) is 2.82. The molecular weight excluding hydrogens is 372 g/mol. The maximum absolute atomic E-state index is 13.1. The second kappa shape index (κ2) is 6.20. The number of carbonyl (C=O) groups excluding carboxylic acids is 2. The van der Waals surface area contributed by atoms with Gasteiger partial charge in [0.15, 0.2) is 11.5 Å². The predicted molar refractivity (Wildman–Crippen MR) is 97.1 cm³/mol. The van der Waals surface area contributed by atoms with Crippen LogP contribution in [0, 0.1) is 13.8 Å². The molecule has 2 aromatic rings. The highest BCUT2D eigenvalue weighted by atomic mass is 35.5. The fourth-order valence-corrected chi connectivity index (χ4v) is 3.88. The van der Waals surface area contributed by atoms with Crippen LogP contribution in [0.25, 0.3) is 0 Å². The zero-order valence-electron chi connectivity index (χ0n) is 15.2. The van der Waals surface area contributed by atoms with Gasteiger partial charge in [-0.05, 0) is 44.5 Å². The smallest absolute Gasteiger partial charge is 0.325 e. The van der Waals surface area contributed by atoms with E-state index in [0.29, 0.717) is 52.4 Å². The standard InChI is InChI=1S/C19H19ClN2O5/c1-10-6-13(11(2)27-10)19(3)17(23)22(18(24)21-19)9-12-7-14(20)16-15(8-12)25-4-5-26-16/h6-8H,4-5,9H2,1-3H3,(H,21,24). The number of nitrogens with zero attached hydrogens (tertiary/aromatic N) is 1. The second-order valence-corrected chi connectivity index (χ2v) is 7.28. The minimum Gasteiger partial charge on any atom is -0.486 e. The van der Waals surface area contributed by atoms with Gasteiger partial charge in [0.2, 0.25) is 0 Å². The number of carbonyl (C=O) groups is 2. The van der Waals surface area contributed by atoms with Crippen molar-refractivity contribution in [3.05, 3.63) is 45.9 Å². The first-order valence-electron chi connectivity index (χ1n) is 8.59. The molecule has 0 bridgehead atoms. The molecule has 1 atom stereocenters. The van der Waals surface area contributed by atoms with Crippen molar-refractivity contribution in [2.75, 3.05) is 13.2 Å². The monoisotopic (exact) mass is 390 g/mol. The lowest BCUT2D eigenvalue weighted by Crippen LogP contribution is -2.41. The van der Waals surface area contributed by atoms with E-state index in [9.17, 15) is 9.59 Å². The number of benzene rings is 1. The number of amides is 3. The number of fused-ring (bicyclic) bond motifs is 1. The molecule has 3 heterocycles. The SMILES string of the molecule is Cc1cc(C2(C)NC(=O)N(Cc3cc(Cl)c4c(c3)OCCO4)C2=O)c(C)o1. The molecule has 3 amide bonds. The molecule has 1 aromatic carbocycles. The van der Waals surface area contributed by atoms with Gasteiger partial charge in [0.25, 0.3) is 5.91 Å². The Balaban J connectivity index is 1.64. The highest BCUT2D eigenvalue weighted by molar-refractivity contribution is 6.32. The number of imide groups is 1. The molecule has 1 fully saturated rings. The molecule has 0 aliphatic carbocycles. The van der Waals surface area contributed by atoms with E-state index in [1.807, 2.05) is 0 Å². The van der Waals surface area contributed by atoms with Crippen molar-refractivity contribution in [3.8, 4) is 11.5 Å². The Hall–Kier alpha value is -2.67. The number of rotatable bonds is 3. The lowest BCUT2D eigenvalue weighted by atomic mass is 9.92. The fraction of sp³-hybridized carbons (Fsp3) is 0.368. The maximum Gasteiger partial charge on any atom is 0.325 e. The van der Waals surface area contributed by atoms with Crippen molar-refractivity contribution in [3.63, 3.8) is 0 Å². The predicted octanol–water partition coefficient (Wildman–Crippen LogP) is 3.29. The molecule has 0 radical (unpaired) electrons. The first kappa shape index (κ1) is 17.7. The third-order valence-corrected chi connectivity index (χ3v) is 5.13. The summed E-state index contributed by atoms with van der Waals surface area (Å²) in [5.74, 6) is 1.94. The maximum atomic E-state index is 13.1. The lowest BCUT2D eigenvalue weighted by Gasteiger charge is -2.22. The van der Waals surface area contributed by atoms with E-state index in [4.69, 9.17) is 25.5 Å². The molecule has 7 nitrogen and oxygen atoms in total. The number of hydrogen-bond acceptors (Lipinski definition) is 5. The molecular formula is C19H19ClN2O5. The molecule has 1 aromatic heterocycles. The third-order valence-electron chi connectivity index (χ3n) is 4.85. The van der Waals surface area contributed by atoms with E-state index in [2.05, 4.69) is 5.32 Å². The van der Waals surface area contributed by atoms with Crippen molar-refractivity contribution < 1.29 is 23.5 Å². The topological polar surface area (TPSA) is 81.0 Å². The molecule has 8 heteroatoms. The fourth-order valence-electron chi connectivity index (χ4n) is 3.59. The summed E-state index contributed by atoms with van der Waals surface area (Å²) in [5.41, 5.74) is 0.162. The van der Waals surface area contributed by atoms with Crippen LogP contribution in [-0.4, -0.2) is 30.1 Å². The van der Waals surface area contributed by atoms with Gasteiger partial charge in [-0.15, -0.1) is 0 Å². The molecule has 1 N–H and O–H groups in total. The highest BCUT2D eigenvalue weighted by Crippen LogP contribution is 2.39. The van der Waals surface area contributed by atoms with Crippen LogP contribution in [0.5, 0.6) is 11.5 Å². The summed E-state index contributed by atoms with van der Waals surface area (Å²) in [6.07, 6.45) is 0. The number of furan rings is 1. The van der Waals surface area contributed by atoms with Crippen molar-refractivity contribution in [2.24, 2.45) is 0 Å². The average Bonchev–Trinajstić information content (AvgIpc) is 3.07. The van der Waals surface area contributed by atoms with Crippen molar-refractivity contribution in [2.45, 2.75) is 32.9 Å². The molecule has 0 saturated carbocycles. The number of urea groups is 1. The Morgan fingerprint density at radius 1 is 1.19 bits per heavy atom. The first-order chi connectivity index (χ1) is 12.8. The Bertz CT molecular complexity index is 954. The van der Waals surface area contributed by atoms with Crippen LogP contribution < -0.4 is 14.8 Å². The second-order valence-electron chi connectivity index (χ2n) is 6.88. The van der Waals surface area contributed by atoms with E-state index in [1.165, 1.54) is 4.90 Å². The zero-order chi connectivity index (χ0) is 19.3. The van der Waals surface area contributed by atoms with Gasteiger partial charge in [-0.1, -0.05) is 11.6 Å². The molecule has 1 saturated heterocycles. The zero-order valence-corrected chi connectivity index (χ0v) is 16.0. The van der Waals surface area contributed by atoms with Crippen molar-refractivity contribution >= 4 is 23.5 Å². The van der Waals surface area contributed by atoms with Gasteiger partial charge < -0.3 is 19.2 Å². The minimum absolute atomic E-state index is 0.0759. The number of ether oxygens (including phenoxy) is 2. The Morgan fingerprint density at radius 2 is 1.93 bits per heavy atom. The largest absolute Gasteiger partial charge is 0.486 e. The molecule has 1 unspecified atom stereocenters. The first-order valence-corrected chi connectivity index (χ1v) is 8.97. The van der Waals surface area contributed by atoms with Gasteiger partial charge in [0.1, 0.15) is 30.3 Å². The molecule has 2 aliphatic heterocycles. The van der Waals surface area contributed by atoms with Crippen molar-refractivity contribution in [1.29, 1.82) is 0 Å². The summed E-state index contributed by atoms with van der Waals surface area (Å²) in [5, 5.41) is 3.17. The number of hydrogen-bond donors (Lipinski definition) is 1. The van der Waals surface area contributed by atoms with Gasteiger partial charge in [-0.2, -0.15) is 0 Å². The molecule has 0 spiro atoms. The van der Waals surface area contributed by atoms with Gasteiger partial charge in [-0.3, -0.25) is 9.69 Å². The Kier molecular flexibility index (Phi) is 4.07. The summed E-state index contributed by atoms with van der Waals surface area (Å²) < 4.78 is 16.6. The van der Waals surface area contributed by atoms with Crippen LogP contribution >= 0.6 is 11.6 Å². The van der Waals surface area contributed by atoms with Crippen LogP contribution in [0.4, 0.5) is 4.79 Å². The number of nitrogens with one attached hydrogen (secondary N) is 1. The van der Waals surface area contributed by atoms with Gasteiger partial charge in [-0.25, -0.2) is 4.79 Å². The van der Waals surface area contributed by atoms with E-state index in [1.54, 1.807) is 39.0 Å². The van der Waals surface area contributed by atoms with Crippen LogP contribution in [0.3, 0.4) is 0 Å². The van der Waals surface area contributed by atoms with Gasteiger partial charge in [0.05, 0.1) is 11.6 Å². The molecule has 27 heavy (non-hydrogen) atoms. The van der Waals surface area contributed by atoms with E-state index in [-0.39, 0.29) is 12.5 Å². The van der Waals surface area contributed by atoms with E-state index >= 15 is 0 Å². The van der Waals surface area contributed by atoms with Crippen LogP contribution in [-0.2, 0) is 16.9 Å². The quantitative estimate of drug-likeness (QED) is 0.813. The molecule has 142 valence electrons. The highest BCUT2D eigenvalue weighted by Gasteiger charge is 2.50. The lowest BCUT2D eigenvalue weighted by molar-refractivity contribution is -0.131. The van der Waals surface area contributed by atoms with Crippen LogP contribution in [0.2, 0.25) is 5.02 Å².